The number of para-hydroxylation sites is 1. The van der Waals surface area contributed by atoms with Crippen molar-refractivity contribution in [3.05, 3.63) is 82.9 Å². The van der Waals surface area contributed by atoms with E-state index in [0.29, 0.717) is 47.0 Å². The van der Waals surface area contributed by atoms with Gasteiger partial charge in [0.15, 0.2) is 17.3 Å². The number of fused-ring (bicyclic) bond motifs is 7. The van der Waals surface area contributed by atoms with E-state index in [0.717, 1.165) is 24.0 Å². The Balaban J connectivity index is 1.55. The Bertz CT molecular complexity index is 1600. The van der Waals surface area contributed by atoms with Crippen LogP contribution in [0.2, 0.25) is 0 Å². The number of aryl methyl sites for hydroxylation is 1. The van der Waals surface area contributed by atoms with Crippen molar-refractivity contribution >= 4 is 29.0 Å². The van der Waals surface area contributed by atoms with Gasteiger partial charge in [0.05, 0.1) is 20.1 Å². The molecule has 3 aromatic rings. The number of benzene rings is 3. The number of nitrogens with zero attached hydrogens (tertiary/aromatic N) is 1. The van der Waals surface area contributed by atoms with E-state index in [2.05, 4.69) is 28.5 Å². The fourth-order valence-electron chi connectivity index (χ4n) is 8.01. The molecule has 0 saturated carbocycles. The van der Waals surface area contributed by atoms with Gasteiger partial charge in [0.2, 0.25) is 5.91 Å². The molecule has 4 atom stereocenters. The first kappa shape index (κ1) is 24.8. The van der Waals surface area contributed by atoms with Gasteiger partial charge in [-0.15, -0.1) is 0 Å². The summed E-state index contributed by atoms with van der Waals surface area (Å²) >= 11 is 0. The zero-order chi connectivity index (χ0) is 27.8. The second-order valence-corrected chi connectivity index (χ2v) is 11.0. The average Bonchev–Trinajstić information content (AvgIpc) is 3.70. The zero-order valence-corrected chi connectivity index (χ0v) is 22.7. The standard InChI is InChI=1S/C32H31N3O5/c1-4-18-11-13-23-21(16-18)32(30(38)34-23)31(20-8-5-6-9-22(20)33-29(31)37)27(24-10-7-15-35(24)32)28(36)19-12-14-25(39-2)26(17-19)40-3/h5-6,8-9,11-14,16-17,24,27H,4,7,10,15H2,1-3H3,(H,33,37)(H,34,38)/t24-,27-,31+,32+/m0/s1. The van der Waals surface area contributed by atoms with Crippen LogP contribution in [0.15, 0.2) is 60.7 Å². The lowest BCUT2D eigenvalue weighted by atomic mass is 9.57. The molecule has 7 rings (SSSR count). The Kier molecular flexibility index (Phi) is 5.38. The molecule has 0 bridgehead atoms. The van der Waals surface area contributed by atoms with Crippen LogP contribution in [-0.4, -0.2) is 49.3 Å². The van der Waals surface area contributed by atoms with Crippen molar-refractivity contribution in [1.29, 1.82) is 0 Å². The summed E-state index contributed by atoms with van der Waals surface area (Å²) in [6, 6.07) is 18.3. The van der Waals surface area contributed by atoms with Crippen LogP contribution < -0.4 is 20.1 Å². The highest BCUT2D eigenvalue weighted by Gasteiger charge is 2.81. The van der Waals surface area contributed by atoms with Crippen molar-refractivity contribution in [1.82, 2.24) is 4.90 Å². The maximum atomic E-state index is 14.8. The summed E-state index contributed by atoms with van der Waals surface area (Å²) < 4.78 is 10.9. The van der Waals surface area contributed by atoms with Crippen molar-refractivity contribution in [2.24, 2.45) is 5.92 Å². The molecule has 3 aromatic carbocycles. The molecule has 0 aliphatic carbocycles. The number of nitrogens with one attached hydrogen (secondary N) is 2. The molecular weight excluding hydrogens is 506 g/mol. The summed E-state index contributed by atoms with van der Waals surface area (Å²) in [6.07, 6.45) is 2.32. The molecule has 8 nitrogen and oxygen atoms in total. The van der Waals surface area contributed by atoms with Gasteiger partial charge in [0.25, 0.3) is 5.91 Å². The lowest BCUT2D eigenvalue weighted by molar-refractivity contribution is -0.137. The Morgan fingerprint density at radius 2 is 1.68 bits per heavy atom. The van der Waals surface area contributed by atoms with E-state index in [1.54, 1.807) is 25.3 Å². The number of ether oxygens (including phenoxy) is 2. The van der Waals surface area contributed by atoms with Gasteiger partial charge in [0.1, 0.15) is 11.0 Å². The summed E-state index contributed by atoms with van der Waals surface area (Å²) in [4.78, 5) is 46.1. The van der Waals surface area contributed by atoms with Crippen molar-refractivity contribution in [3.8, 4) is 11.5 Å². The molecule has 8 heteroatoms. The minimum absolute atomic E-state index is 0.186. The largest absolute Gasteiger partial charge is 0.493 e. The van der Waals surface area contributed by atoms with Crippen LogP contribution in [0.3, 0.4) is 0 Å². The third-order valence-electron chi connectivity index (χ3n) is 9.52. The third-order valence-corrected chi connectivity index (χ3v) is 9.52. The second kappa shape index (κ2) is 8.66. The number of anilines is 2. The molecule has 0 unspecified atom stereocenters. The van der Waals surface area contributed by atoms with Crippen LogP contribution in [0.4, 0.5) is 11.4 Å². The number of amides is 2. The van der Waals surface area contributed by atoms with Crippen LogP contribution in [0.25, 0.3) is 0 Å². The van der Waals surface area contributed by atoms with E-state index in [-0.39, 0.29) is 23.6 Å². The number of Topliss-reactive ketones (excluding diaryl/α,β-unsaturated/α-hetero) is 1. The fraction of sp³-hybridized carbons (Fsp3) is 0.344. The molecule has 40 heavy (non-hydrogen) atoms. The maximum absolute atomic E-state index is 14.8. The van der Waals surface area contributed by atoms with Crippen molar-refractivity contribution in [3.63, 3.8) is 0 Å². The predicted octanol–water partition coefficient (Wildman–Crippen LogP) is 4.28. The molecule has 0 radical (unpaired) electrons. The SMILES string of the molecule is CCc1ccc2c(c1)[C@]1(C(=O)N2)N2CCC[C@H]2[C@@H](C(=O)c2ccc(OC)c(OC)c2)[C@]12C(=O)Nc1ccccc12. The Labute approximate surface area is 232 Å². The third kappa shape index (κ3) is 2.81. The Morgan fingerprint density at radius 3 is 2.45 bits per heavy atom. The number of carbonyl (C=O) groups excluding carboxylic acids is 3. The number of carbonyl (C=O) groups is 3. The van der Waals surface area contributed by atoms with Crippen molar-refractivity contribution < 1.29 is 23.9 Å². The fourth-order valence-corrected chi connectivity index (χ4v) is 8.01. The molecule has 2 N–H and O–H groups in total. The quantitative estimate of drug-likeness (QED) is 0.472. The highest BCUT2D eigenvalue weighted by molar-refractivity contribution is 6.21. The second-order valence-electron chi connectivity index (χ2n) is 11.0. The first-order valence-electron chi connectivity index (χ1n) is 13.8. The number of hydrogen-bond acceptors (Lipinski definition) is 6. The monoisotopic (exact) mass is 537 g/mol. The van der Waals surface area contributed by atoms with Gasteiger partial charge in [0, 0.05) is 28.5 Å². The van der Waals surface area contributed by atoms with Gasteiger partial charge in [-0.3, -0.25) is 19.3 Å². The van der Waals surface area contributed by atoms with Gasteiger partial charge < -0.3 is 20.1 Å². The number of ketones is 1. The molecule has 2 fully saturated rings. The van der Waals surface area contributed by atoms with Crippen molar-refractivity contribution in [2.45, 2.75) is 43.2 Å². The van der Waals surface area contributed by atoms with Gasteiger partial charge in [-0.25, -0.2) is 0 Å². The topological polar surface area (TPSA) is 97.0 Å². The van der Waals surface area contributed by atoms with Gasteiger partial charge >= 0.3 is 0 Å². The number of rotatable bonds is 5. The van der Waals surface area contributed by atoms with E-state index in [4.69, 9.17) is 9.47 Å². The molecule has 2 amide bonds. The van der Waals surface area contributed by atoms with Gasteiger partial charge in [-0.2, -0.15) is 0 Å². The van der Waals surface area contributed by atoms with Crippen LogP contribution in [0, 0.1) is 5.92 Å². The smallest absolute Gasteiger partial charge is 0.251 e. The average molecular weight is 538 g/mol. The van der Waals surface area contributed by atoms with E-state index in [1.807, 2.05) is 36.4 Å². The first-order valence-corrected chi connectivity index (χ1v) is 13.8. The molecule has 4 aliphatic heterocycles. The minimum Gasteiger partial charge on any atom is -0.493 e. The van der Waals surface area contributed by atoms with E-state index >= 15 is 0 Å². The van der Waals surface area contributed by atoms with Gasteiger partial charge in [-0.05, 0) is 67.3 Å². The molecule has 0 aromatic heterocycles. The summed E-state index contributed by atoms with van der Waals surface area (Å²) in [5.41, 5.74) is 1.46. The van der Waals surface area contributed by atoms with E-state index in [9.17, 15) is 14.4 Å². The van der Waals surface area contributed by atoms with Crippen molar-refractivity contribution in [2.75, 3.05) is 31.4 Å². The maximum Gasteiger partial charge on any atom is 0.251 e. The normalized spacial score (nSPS) is 27.9. The van der Waals surface area contributed by atoms with E-state index in [1.165, 1.54) is 7.11 Å². The summed E-state index contributed by atoms with van der Waals surface area (Å²) in [7, 11) is 3.08. The number of hydrogen-bond donors (Lipinski definition) is 2. The minimum atomic E-state index is -1.47. The van der Waals surface area contributed by atoms with Crippen LogP contribution >= 0.6 is 0 Å². The van der Waals surface area contributed by atoms with Crippen LogP contribution in [0.5, 0.6) is 11.5 Å². The summed E-state index contributed by atoms with van der Waals surface area (Å²) in [5, 5.41) is 6.21. The summed E-state index contributed by atoms with van der Waals surface area (Å²) in [6.45, 7) is 2.68. The molecular formula is C32H31N3O5. The molecule has 204 valence electrons. The molecule has 4 aliphatic rings. The lowest BCUT2D eigenvalue weighted by Crippen LogP contribution is -2.62. The molecule has 4 heterocycles. The Morgan fingerprint density at radius 1 is 0.925 bits per heavy atom. The van der Waals surface area contributed by atoms with Gasteiger partial charge in [-0.1, -0.05) is 37.3 Å². The molecule has 2 saturated heterocycles. The van der Waals surface area contributed by atoms with Crippen LogP contribution in [-0.2, 0) is 27.0 Å². The highest BCUT2D eigenvalue weighted by Crippen LogP contribution is 2.68. The van der Waals surface area contributed by atoms with E-state index < -0.39 is 16.9 Å². The number of methoxy groups -OCH3 is 2. The molecule has 2 spiro atoms. The predicted molar refractivity (Wildman–Crippen MR) is 150 cm³/mol. The lowest BCUT2D eigenvalue weighted by Gasteiger charge is -2.43. The van der Waals surface area contributed by atoms with Crippen LogP contribution in [0.1, 0.15) is 46.8 Å². The zero-order valence-electron chi connectivity index (χ0n) is 22.7. The highest BCUT2D eigenvalue weighted by atomic mass is 16.5. The first-order chi connectivity index (χ1) is 19.4. The summed E-state index contributed by atoms with van der Waals surface area (Å²) in [5.74, 6) is -0.609. The Hall–Kier alpha value is -4.17.